The molecule has 3 nitrogen and oxygen atoms in total. The van der Waals surface area contributed by atoms with E-state index >= 15 is 0 Å². The van der Waals surface area contributed by atoms with Crippen LogP contribution in [0.1, 0.15) is 9.67 Å². The first kappa shape index (κ1) is 13.6. The number of hydrogen-bond donors (Lipinski definition) is 0. The highest BCUT2D eigenvalue weighted by molar-refractivity contribution is 7.21. The standard InChI is InChI=1S/C16H11FO3S/c1-19-16(18)15-14(20-11-5-3-2-4-6-11)12-8-7-10(17)9-13(12)21-15/h2-9H,1H3. The van der Waals surface area contributed by atoms with Gasteiger partial charge in [-0.25, -0.2) is 9.18 Å². The van der Waals surface area contributed by atoms with Gasteiger partial charge in [0.25, 0.3) is 0 Å². The monoisotopic (exact) mass is 302 g/mol. The summed E-state index contributed by atoms with van der Waals surface area (Å²) in [6.07, 6.45) is 0. The maximum atomic E-state index is 13.3. The van der Waals surface area contributed by atoms with Crippen molar-refractivity contribution in [2.45, 2.75) is 0 Å². The number of methoxy groups -OCH3 is 1. The summed E-state index contributed by atoms with van der Waals surface area (Å²) < 4.78 is 24.6. The van der Waals surface area contributed by atoms with Crippen LogP contribution in [0.5, 0.6) is 11.5 Å². The first-order valence-corrected chi connectivity index (χ1v) is 7.04. The van der Waals surface area contributed by atoms with Crippen LogP contribution in [0.25, 0.3) is 10.1 Å². The molecule has 106 valence electrons. The minimum absolute atomic E-state index is 0.321. The normalized spacial score (nSPS) is 10.6. The molecule has 1 heterocycles. The zero-order valence-corrected chi connectivity index (χ0v) is 11.9. The van der Waals surface area contributed by atoms with Gasteiger partial charge in [-0.1, -0.05) is 18.2 Å². The zero-order valence-electron chi connectivity index (χ0n) is 11.1. The molecule has 0 bridgehead atoms. The van der Waals surface area contributed by atoms with Crippen LogP contribution in [0.4, 0.5) is 4.39 Å². The summed E-state index contributed by atoms with van der Waals surface area (Å²) in [7, 11) is 1.31. The molecule has 0 amide bonds. The molecule has 0 saturated carbocycles. The molecule has 5 heteroatoms. The van der Waals surface area contributed by atoms with Gasteiger partial charge >= 0.3 is 5.97 Å². The minimum Gasteiger partial charge on any atom is -0.465 e. The highest BCUT2D eigenvalue weighted by Gasteiger charge is 2.21. The molecule has 2 aromatic carbocycles. The lowest BCUT2D eigenvalue weighted by Gasteiger charge is -2.06. The molecule has 0 N–H and O–H groups in total. The lowest BCUT2D eigenvalue weighted by Crippen LogP contribution is -2.00. The third kappa shape index (κ3) is 2.60. The van der Waals surface area contributed by atoms with Gasteiger partial charge in [0.15, 0.2) is 10.6 Å². The van der Waals surface area contributed by atoms with Crippen LogP contribution in [0.3, 0.4) is 0 Å². The maximum Gasteiger partial charge on any atom is 0.351 e. The number of carbonyl (C=O) groups is 1. The molecule has 1 aromatic heterocycles. The van der Waals surface area contributed by atoms with Crippen molar-refractivity contribution in [3.05, 3.63) is 59.2 Å². The number of fused-ring (bicyclic) bond motifs is 1. The largest absolute Gasteiger partial charge is 0.465 e. The van der Waals surface area contributed by atoms with E-state index in [2.05, 4.69) is 0 Å². The molecular weight excluding hydrogens is 291 g/mol. The van der Waals surface area contributed by atoms with Crippen molar-refractivity contribution < 1.29 is 18.7 Å². The fourth-order valence-electron chi connectivity index (χ4n) is 1.98. The highest BCUT2D eigenvalue weighted by Crippen LogP contribution is 2.40. The number of hydrogen-bond acceptors (Lipinski definition) is 4. The summed E-state index contributed by atoms with van der Waals surface area (Å²) in [6.45, 7) is 0. The topological polar surface area (TPSA) is 35.5 Å². The predicted molar refractivity (Wildman–Crippen MR) is 79.6 cm³/mol. The van der Waals surface area contributed by atoms with Gasteiger partial charge in [0.05, 0.1) is 7.11 Å². The van der Waals surface area contributed by atoms with Gasteiger partial charge in [-0.3, -0.25) is 0 Å². The fraction of sp³-hybridized carbons (Fsp3) is 0.0625. The molecule has 3 aromatic rings. The van der Waals surface area contributed by atoms with Gasteiger partial charge in [-0.15, -0.1) is 11.3 Å². The first-order valence-electron chi connectivity index (χ1n) is 6.22. The SMILES string of the molecule is COC(=O)c1sc2cc(F)ccc2c1Oc1ccccc1. The molecular formula is C16H11FO3S. The van der Waals surface area contributed by atoms with E-state index < -0.39 is 5.97 Å². The number of esters is 1. The van der Waals surface area contributed by atoms with E-state index in [-0.39, 0.29) is 5.82 Å². The van der Waals surface area contributed by atoms with Gasteiger partial charge in [-0.2, -0.15) is 0 Å². The molecule has 0 saturated heterocycles. The van der Waals surface area contributed by atoms with Crippen LogP contribution in [-0.2, 0) is 4.74 Å². The van der Waals surface area contributed by atoms with Crippen molar-refractivity contribution in [3.63, 3.8) is 0 Å². The summed E-state index contributed by atoms with van der Waals surface area (Å²) in [5.41, 5.74) is 0. The van der Waals surface area contributed by atoms with Crippen molar-refractivity contribution in [2.24, 2.45) is 0 Å². The summed E-state index contributed by atoms with van der Waals surface area (Å²) in [5.74, 6) is 0.147. The van der Waals surface area contributed by atoms with Crippen molar-refractivity contribution in [1.82, 2.24) is 0 Å². The second-order valence-corrected chi connectivity index (χ2v) is 5.36. The Balaban J connectivity index is 2.15. The van der Waals surface area contributed by atoms with Gasteiger partial charge in [0.2, 0.25) is 0 Å². The number of ether oxygens (including phenoxy) is 2. The molecule has 0 radical (unpaired) electrons. The number of para-hydroxylation sites is 1. The maximum absolute atomic E-state index is 13.3. The first-order chi connectivity index (χ1) is 10.2. The predicted octanol–water partition coefficient (Wildman–Crippen LogP) is 4.62. The Labute approximate surface area is 124 Å². The summed E-state index contributed by atoms with van der Waals surface area (Å²) in [4.78, 5) is 12.2. The molecule has 0 atom stereocenters. The Bertz CT molecular complexity index is 796. The van der Waals surface area contributed by atoms with Crippen molar-refractivity contribution >= 4 is 27.4 Å². The highest BCUT2D eigenvalue weighted by atomic mass is 32.1. The number of rotatable bonds is 3. The number of thiophene rings is 1. The third-order valence-electron chi connectivity index (χ3n) is 2.94. The zero-order chi connectivity index (χ0) is 14.8. The molecule has 0 unspecified atom stereocenters. The Morgan fingerprint density at radius 3 is 2.62 bits per heavy atom. The molecule has 0 spiro atoms. The van der Waals surface area contributed by atoms with Gasteiger partial charge in [0.1, 0.15) is 11.6 Å². The second kappa shape index (κ2) is 5.54. The Hall–Kier alpha value is -2.40. The van der Waals surface area contributed by atoms with Gasteiger partial charge in [0, 0.05) is 10.1 Å². The molecule has 0 aliphatic rings. The van der Waals surface area contributed by atoms with E-state index in [9.17, 15) is 9.18 Å². The lowest BCUT2D eigenvalue weighted by atomic mass is 10.2. The van der Waals surface area contributed by atoms with Gasteiger partial charge in [-0.05, 0) is 30.3 Å². The van der Waals surface area contributed by atoms with E-state index in [1.165, 1.54) is 19.2 Å². The molecule has 0 fully saturated rings. The van der Waals surface area contributed by atoms with Gasteiger partial charge < -0.3 is 9.47 Å². The summed E-state index contributed by atoms with van der Waals surface area (Å²) in [6, 6.07) is 13.4. The Morgan fingerprint density at radius 2 is 1.90 bits per heavy atom. The number of carbonyl (C=O) groups excluding carboxylic acids is 1. The lowest BCUT2D eigenvalue weighted by molar-refractivity contribution is 0.0604. The van der Waals surface area contributed by atoms with Crippen molar-refractivity contribution in [2.75, 3.05) is 7.11 Å². The van der Waals surface area contributed by atoms with E-state index in [0.717, 1.165) is 11.3 Å². The third-order valence-corrected chi connectivity index (χ3v) is 4.05. The van der Waals surface area contributed by atoms with Crippen molar-refractivity contribution in [1.29, 1.82) is 0 Å². The number of halogens is 1. The second-order valence-electron chi connectivity index (χ2n) is 4.31. The number of benzene rings is 2. The van der Waals surface area contributed by atoms with Crippen LogP contribution in [-0.4, -0.2) is 13.1 Å². The molecule has 0 aliphatic carbocycles. The Morgan fingerprint density at radius 1 is 1.14 bits per heavy atom. The smallest absolute Gasteiger partial charge is 0.351 e. The van der Waals surface area contributed by atoms with Crippen LogP contribution < -0.4 is 4.74 Å². The average molecular weight is 302 g/mol. The van der Waals surface area contributed by atoms with Crippen LogP contribution in [0, 0.1) is 5.82 Å². The quantitative estimate of drug-likeness (QED) is 0.662. The Kier molecular flexibility index (Phi) is 3.58. The van der Waals surface area contributed by atoms with Crippen molar-refractivity contribution in [3.8, 4) is 11.5 Å². The van der Waals surface area contributed by atoms with E-state index in [1.807, 2.05) is 18.2 Å². The molecule has 21 heavy (non-hydrogen) atoms. The van der Waals surface area contributed by atoms with E-state index in [1.54, 1.807) is 18.2 Å². The van der Waals surface area contributed by atoms with Crippen LogP contribution >= 0.6 is 11.3 Å². The van der Waals surface area contributed by atoms with Crippen LogP contribution in [0.2, 0.25) is 0 Å². The summed E-state index contributed by atoms with van der Waals surface area (Å²) >= 11 is 1.15. The van der Waals surface area contributed by atoms with Crippen LogP contribution in [0.15, 0.2) is 48.5 Å². The summed E-state index contributed by atoms with van der Waals surface area (Å²) in [5, 5.41) is 0.686. The fourth-order valence-corrected chi connectivity index (χ4v) is 3.05. The van der Waals surface area contributed by atoms with E-state index in [0.29, 0.717) is 26.5 Å². The molecule has 0 aliphatic heterocycles. The minimum atomic E-state index is -0.498. The molecule has 3 rings (SSSR count). The van der Waals surface area contributed by atoms with E-state index in [4.69, 9.17) is 9.47 Å². The average Bonchev–Trinajstić information content (AvgIpc) is 2.85.